The van der Waals surface area contributed by atoms with Gasteiger partial charge in [-0.3, -0.25) is 4.57 Å². The van der Waals surface area contributed by atoms with Crippen LogP contribution in [-0.2, 0) is 4.57 Å². The Hall–Kier alpha value is -0.630. The summed E-state index contributed by atoms with van der Waals surface area (Å²) in [6, 6.07) is 8.93. The molecule has 0 saturated carbocycles. The lowest BCUT2D eigenvalue weighted by atomic mass is 10.2. The quantitative estimate of drug-likeness (QED) is 0.687. The van der Waals surface area contributed by atoms with Crippen LogP contribution >= 0.6 is 7.37 Å². The lowest BCUT2D eigenvalue weighted by Crippen LogP contribution is -2.09. The van der Waals surface area contributed by atoms with E-state index in [0.29, 0.717) is 5.56 Å². The van der Waals surface area contributed by atoms with Crippen LogP contribution in [0.15, 0.2) is 30.3 Å². The number of rotatable bonds is 2. The molecule has 2 atom stereocenters. The molecule has 1 aromatic carbocycles. The van der Waals surface area contributed by atoms with Gasteiger partial charge in [0.1, 0.15) is 5.78 Å². The van der Waals surface area contributed by atoms with Gasteiger partial charge in [0.2, 0.25) is 7.37 Å². The van der Waals surface area contributed by atoms with Crippen LogP contribution in [0.2, 0.25) is 0 Å². The van der Waals surface area contributed by atoms with Crippen molar-refractivity contribution >= 4 is 7.37 Å². The van der Waals surface area contributed by atoms with E-state index < -0.39 is 13.2 Å². The highest BCUT2D eigenvalue weighted by atomic mass is 31.2. The van der Waals surface area contributed by atoms with E-state index in [-0.39, 0.29) is 0 Å². The van der Waals surface area contributed by atoms with Gasteiger partial charge in [0.15, 0.2) is 0 Å². The van der Waals surface area contributed by atoms with Crippen molar-refractivity contribution in [1.29, 1.82) is 0 Å². The van der Waals surface area contributed by atoms with Crippen LogP contribution in [0.1, 0.15) is 11.3 Å². The predicted molar refractivity (Wildman–Crippen MR) is 49.1 cm³/mol. The maximum absolute atomic E-state index is 11.1. The third-order valence-electron chi connectivity index (χ3n) is 1.66. The zero-order valence-electron chi connectivity index (χ0n) is 6.84. The SMILES string of the molecule is CP(=O)(O)[C@H](N)c1ccccc1. The van der Waals surface area contributed by atoms with Crippen LogP contribution < -0.4 is 5.73 Å². The molecule has 0 aliphatic carbocycles. The van der Waals surface area contributed by atoms with Crippen molar-refractivity contribution in [2.75, 3.05) is 6.66 Å². The van der Waals surface area contributed by atoms with Crippen molar-refractivity contribution < 1.29 is 9.46 Å². The van der Waals surface area contributed by atoms with Gasteiger partial charge in [0.05, 0.1) is 0 Å². The molecule has 0 radical (unpaired) electrons. The summed E-state index contributed by atoms with van der Waals surface area (Å²) in [4.78, 5) is 9.17. The van der Waals surface area contributed by atoms with E-state index in [2.05, 4.69) is 0 Å². The van der Waals surface area contributed by atoms with Gasteiger partial charge in [-0.2, -0.15) is 0 Å². The minimum absolute atomic E-state index is 0.700. The largest absolute Gasteiger partial charge is 0.343 e. The summed E-state index contributed by atoms with van der Waals surface area (Å²) in [7, 11) is -3.20. The second-order valence-electron chi connectivity index (χ2n) is 2.80. The molecule has 0 aliphatic rings. The second-order valence-corrected chi connectivity index (χ2v) is 5.24. The third kappa shape index (κ3) is 2.18. The second kappa shape index (κ2) is 3.40. The summed E-state index contributed by atoms with van der Waals surface area (Å²) in [6.45, 7) is 1.27. The maximum Gasteiger partial charge on any atom is 0.218 e. The van der Waals surface area contributed by atoms with Crippen molar-refractivity contribution in [2.24, 2.45) is 5.73 Å². The standard InChI is InChI=1S/C8H12NO2P/c1-12(10,11)8(9)7-5-3-2-4-6-7/h2-6,8H,9H2,1H3,(H,10,11)/t8-/m0/s1. The first-order valence-corrected chi connectivity index (χ1v) is 5.80. The molecule has 0 heterocycles. The summed E-state index contributed by atoms with van der Waals surface area (Å²) >= 11 is 0. The van der Waals surface area contributed by atoms with Gasteiger partial charge >= 0.3 is 0 Å². The highest BCUT2D eigenvalue weighted by Crippen LogP contribution is 2.48. The van der Waals surface area contributed by atoms with Crippen LogP contribution in [0.25, 0.3) is 0 Å². The van der Waals surface area contributed by atoms with Gasteiger partial charge in [-0.15, -0.1) is 0 Å². The molecule has 12 heavy (non-hydrogen) atoms. The van der Waals surface area contributed by atoms with E-state index in [4.69, 9.17) is 5.73 Å². The molecule has 0 aliphatic heterocycles. The Labute approximate surface area is 71.7 Å². The zero-order valence-corrected chi connectivity index (χ0v) is 7.74. The summed E-state index contributed by atoms with van der Waals surface area (Å²) < 4.78 is 11.1. The molecule has 1 rings (SSSR count). The molecule has 0 aromatic heterocycles. The maximum atomic E-state index is 11.1. The average molecular weight is 185 g/mol. The number of hydrogen-bond donors (Lipinski definition) is 2. The predicted octanol–water partition coefficient (Wildman–Crippen LogP) is 1.54. The molecule has 3 nitrogen and oxygen atoms in total. The molecule has 0 spiro atoms. The number of hydrogen-bond acceptors (Lipinski definition) is 2. The first-order chi connectivity index (χ1) is 5.52. The number of benzene rings is 1. The Balaban J connectivity index is 2.94. The van der Waals surface area contributed by atoms with E-state index in [0.717, 1.165) is 0 Å². The third-order valence-corrected chi connectivity index (χ3v) is 2.99. The molecule has 1 aromatic rings. The monoisotopic (exact) mass is 185 g/mol. The molecular weight excluding hydrogens is 173 g/mol. The van der Waals surface area contributed by atoms with Gasteiger partial charge in [0.25, 0.3) is 0 Å². The van der Waals surface area contributed by atoms with Crippen molar-refractivity contribution in [2.45, 2.75) is 5.78 Å². The van der Waals surface area contributed by atoms with Crippen LogP contribution in [0.4, 0.5) is 0 Å². The van der Waals surface area contributed by atoms with Gasteiger partial charge in [-0.25, -0.2) is 0 Å². The molecule has 3 N–H and O–H groups in total. The molecule has 0 bridgehead atoms. The van der Waals surface area contributed by atoms with Crippen LogP contribution in [0, 0.1) is 0 Å². The Morgan fingerprint density at radius 2 is 1.92 bits per heavy atom. The van der Waals surface area contributed by atoms with Gasteiger partial charge < -0.3 is 10.6 Å². The first-order valence-electron chi connectivity index (χ1n) is 3.62. The smallest absolute Gasteiger partial charge is 0.218 e. The Morgan fingerprint density at radius 1 is 1.42 bits per heavy atom. The summed E-state index contributed by atoms with van der Waals surface area (Å²) in [6.07, 6.45) is 0. The first kappa shape index (κ1) is 9.46. The van der Waals surface area contributed by atoms with Crippen molar-refractivity contribution in [3.05, 3.63) is 35.9 Å². The Morgan fingerprint density at radius 3 is 2.33 bits per heavy atom. The fourth-order valence-corrected chi connectivity index (χ4v) is 1.65. The normalized spacial score (nSPS) is 18.2. The Bertz CT molecular complexity index is 293. The highest BCUT2D eigenvalue weighted by molar-refractivity contribution is 7.57. The number of nitrogens with two attached hydrogens (primary N) is 1. The lowest BCUT2D eigenvalue weighted by molar-refractivity contribution is 0.472. The molecular formula is C8H12NO2P. The molecule has 0 saturated heterocycles. The van der Waals surface area contributed by atoms with E-state index in [1.54, 1.807) is 24.3 Å². The molecule has 0 fully saturated rings. The van der Waals surface area contributed by atoms with Gasteiger partial charge in [-0.1, -0.05) is 30.3 Å². The molecule has 4 heteroatoms. The van der Waals surface area contributed by atoms with E-state index in [1.807, 2.05) is 6.07 Å². The van der Waals surface area contributed by atoms with E-state index >= 15 is 0 Å². The lowest BCUT2D eigenvalue weighted by Gasteiger charge is -2.14. The van der Waals surface area contributed by atoms with Crippen molar-refractivity contribution in [3.63, 3.8) is 0 Å². The van der Waals surface area contributed by atoms with Crippen LogP contribution in [-0.4, -0.2) is 11.6 Å². The van der Waals surface area contributed by atoms with Crippen LogP contribution in [0.5, 0.6) is 0 Å². The summed E-state index contributed by atoms with van der Waals surface area (Å²) in [5.41, 5.74) is 6.26. The topological polar surface area (TPSA) is 63.3 Å². The highest BCUT2D eigenvalue weighted by Gasteiger charge is 2.22. The molecule has 66 valence electrons. The van der Waals surface area contributed by atoms with Gasteiger partial charge in [-0.05, 0) is 5.56 Å². The zero-order chi connectivity index (χ0) is 9.19. The van der Waals surface area contributed by atoms with Crippen molar-refractivity contribution in [1.82, 2.24) is 0 Å². The van der Waals surface area contributed by atoms with Gasteiger partial charge in [0, 0.05) is 6.66 Å². The van der Waals surface area contributed by atoms with Crippen molar-refractivity contribution in [3.8, 4) is 0 Å². The summed E-state index contributed by atoms with van der Waals surface area (Å²) in [5.74, 6) is -0.765. The molecule has 0 amide bonds. The fraction of sp³-hybridized carbons (Fsp3) is 0.250. The minimum Gasteiger partial charge on any atom is -0.343 e. The summed E-state index contributed by atoms with van der Waals surface area (Å²) in [5, 5.41) is 0. The Kier molecular flexibility index (Phi) is 2.68. The average Bonchev–Trinajstić information content (AvgIpc) is 2.03. The van der Waals surface area contributed by atoms with Crippen LogP contribution in [0.3, 0.4) is 0 Å². The molecule has 1 unspecified atom stereocenters. The minimum atomic E-state index is -3.20. The fourth-order valence-electron chi connectivity index (χ4n) is 0.927. The van der Waals surface area contributed by atoms with E-state index in [9.17, 15) is 9.46 Å². The van der Waals surface area contributed by atoms with E-state index in [1.165, 1.54) is 6.66 Å².